The Labute approximate surface area is 184 Å². The van der Waals surface area contributed by atoms with Crippen LogP contribution < -0.4 is 5.32 Å². The molecule has 0 bridgehead atoms. The van der Waals surface area contributed by atoms with Crippen LogP contribution in [-0.2, 0) is 11.2 Å². The second-order valence-electron chi connectivity index (χ2n) is 7.61. The van der Waals surface area contributed by atoms with Gasteiger partial charge in [-0.25, -0.2) is 4.98 Å². The molecule has 0 saturated carbocycles. The monoisotopic (exact) mass is 420 g/mol. The lowest BCUT2D eigenvalue weighted by atomic mass is 9.89. The van der Waals surface area contributed by atoms with Crippen LogP contribution in [0.4, 0.5) is 5.69 Å². The highest BCUT2D eigenvalue weighted by atomic mass is 16.1. The number of allylic oxidation sites excluding steroid dienone is 1. The van der Waals surface area contributed by atoms with Gasteiger partial charge in [0.15, 0.2) is 5.78 Å². The first-order valence-electron chi connectivity index (χ1n) is 10.3. The van der Waals surface area contributed by atoms with E-state index in [1.165, 1.54) is 0 Å². The molecule has 5 rings (SSSR count). The second-order valence-corrected chi connectivity index (χ2v) is 7.61. The lowest BCUT2D eigenvalue weighted by Crippen LogP contribution is -2.25. The summed E-state index contributed by atoms with van der Waals surface area (Å²) in [5, 5.41) is 5.04. The number of anilines is 1. The number of benzene rings is 3. The maximum absolute atomic E-state index is 13.0. The van der Waals surface area contributed by atoms with Gasteiger partial charge < -0.3 is 10.3 Å². The average molecular weight is 420 g/mol. The van der Waals surface area contributed by atoms with Crippen molar-refractivity contribution in [3.05, 3.63) is 108 Å². The van der Waals surface area contributed by atoms with Crippen molar-refractivity contribution in [3.8, 4) is 0 Å². The molecular weight excluding hydrogens is 400 g/mol. The molecule has 0 radical (unpaired) electrons. The molecule has 1 aliphatic heterocycles. The van der Waals surface area contributed by atoms with Crippen LogP contribution in [0.15, 0.2) is 96.4 Å². The van der Waals surface area contributed by atoms with Gasteiger partial charge >= 0.3 is 0 Å². The Morgan fingerprint density at radius 2 is 1.88 bits per heavy atom. The molecule has 6 nitrogen and oxygen atoms in total. The number of nitrogens with zero attached hydrogens (tertiary/aromatic N) is 2. The van der Waals surface area contributed by atoms with E-state index >= 15 is 0 Å². The minimum Gasteiger partial charge on any atom is -0.348 e. The van der Waals surface area contributed by atoms with E-state index < -0.39 is 5.92 Å². The van der Waals surface area contributed by atoms with E-state index in [4.69, 9.17) is 0 Å². The van der Waals surface area contributed by atoms with Gasteiger partial charge in [-0.15, -0.1) is 0 Å². The third kappa shape index (κ3) is 3.98. The molecule has 1 atom stereocenters. The Bertz CT molecular complexity index is 1370. The average Bonchev–Trinajstić information content (AvgIpc) is 3.33. The largest absolute Gasteiger partial charge is 0.348 e. The van der Waals surface area contributed by atoms with Gasteiger partial charge in [0.2, 0.25) is 0 Å². The smallest absolute Gasteiger partial charge is 0.255 e. The zero-order chi connectivity index (χ0) is 21.9. The number of hydrogen-bond donors (Lipinski definition) is 2. The van der Waals surface area contributed by atoms with Gasteiger partial charge in [-0.2, -0.15) is 0 Å². The van der Waals surface area contributed by atoms with Crippen molar-refractivity contribution in [1.29, 1.82) is 0 Å². The Kier molecular flexibility index (Phi) is 5.17. The number of H-pyrrole nitrogens is 1. The van der Waals surface area contributed by atoms with Crippen LogP contribution in [0.25, 0.3) is 10.8 Å². The summed E-state index contributed by atoms with van der Waals surface area (Å²) in [6.07, 6.45) is 7.16. The second kappa shape index (κ2) is 8.43. The molecule has 156 valence electrons. The lowest BCUT2D eigenvalue weighted by Gasteiger charge is -2.17. The predicted octanol–water partition coefficient (Wildman–Crippen LogP) is 4.68. The standard InChI is InChI=1S/C26H20N4O2/c31-25-22(10-11-27-23(25)16-24-28-12-13-29-24)19-6-3-7-21(15-19)30-26(32)20-9-8-17-4-1-2-5-18(17)14-20/h1-15,22H,16H2,(H,28,29)(H,30,32). The van der Waals surface area contributed by atoms with Gasteiger partial charge in [-0.1, -0.05) is 48.5 Å². The van der Waals surface area contributed by atoms with E-state index in [0.717, 1.165) is 16.3 Å². The summed E-state index contributed by atoms with van der Waals surface area (Å²) in [5.74, 6) is -0.0158. The number of Topliss-reactive ketones (excluding diaryl/α,β-unsaturated/α-hetero) is 1. The number of fused-ring (bicyclic) bond motifs is 1. The van der Waals surface area contributed by atoms with Gasteiger partial charge in [-0.05, 0) is 40.6 Å². The van der Waals surface area contributed by atoms with Crippen molar-refractivity contribution in [1.82, 2.24) is 9.97 Å². The molecule has 0 saturated heterocycles. The van der Waals surface area contributed by atoms with Crippen molar-refractivity contribution in [2.24, 2.45) is 4.99 Å². The minimum atomic E-state index is -0.449. The van der Waals surface area contributed by atoms with Gasteiger partial charge in [0.1, 0.15) is 5.82 Å². The minimum absolute atomic E-state index is 0.0677. The fraction of sp³-hybridized carbons (Fsp3) is 0.0769. The van der Waals surface area contributed by atoms with E-state index in [1.54, 1.807) is 24.7 Å². The highest BCUT2D eigenvalue weighted by molar-refractivity contribution is 6.43. The summed E-state index contributed by atoms with van der Waals surface area (Å²) in [6, 6.07) is 20.9. The molecule has 2 N–H and O–H groups in total. The van der Waals surface area contributed by atoms with Crippen LogP contribution in [-0.4, -0.2) is 27.4 Å². The first kappa shape index (κ1) is 19.6. The SMILES string of the molecule is O=C(Nc1cccc(C2C=CN=C(Cc3ncc[nH]3)C2=O)c1)c1ccc2ccccc2c1. The maximum Gasteiger partial charge on any atom is 0.255 e. The molecule has 0 spiro atoms. The molecule has 4 aromatic rings. The fourth-order valence-electron chi connectivity index (χ4n) is 3.84. The highest BCUT2D eigenvalue weighted by Crippen LogP contribution is 2.26. The highest BCUT2D eigenvalue weighted by Gasteiger charge is 2.26. The van der Waals surface area contributed by atoms with E-state index in [1.807, 2.05) is 66.7 Å². The lowest BCUT2D eigenvalue weighted by molar-refractivity contribution is -0.113. The van der Waals surface area contributed by atoms with Crippen LogP contribution in [0.1, 0.15) is 27.7 Å². The van der Waals surface area contributed by atoms with Crippen LogP contribution in [0.2, 0.25) is 0 Å². The fourth-order valence-corrected chi connectivity index (χ4v) is 3.84. The molecule has 1 aliphatic rings. The Balaban J connectivity index is 1.34. The molecule has 1 amide bonds. The zero-order valence-electron chi connectivity index (χ0n) is 17.2. The summed E-state index contributed by atoms with van der Waals surface area (Å²) in [6.45, 7) is 0. The van der Waals surface area contributed by atoms with Crippen molar-refractivity contribution < 1.29 is 9.59 Å². The molecule has 2 heterocycles. The normalized spacial score (nSPS) is 15.6. The number of aromatic nitrogens is 2. The third-order valence-corrected chi connectivity index (χ3v) is 5.48. The number of carbonyl (C=O) groups excluding carboxylic acids is 2. The van der Waals surface area contributed by atoms with Gasteiger partial charge in [0, 0.05) is 29.8 Å². The molecule has 32 heavy (non-hydrogen) atoms. The molecule has 6 heteroatoms. The summed E-state index contributed by atoms with van der Waals surface area (Å²) in [7, 11) is 0. The van der Waals surface area contributed by atoms with Crippen LogP contribution >= 0.6 is 0 Å². The summed E-state index contributed by atoms with van der Waals surface area (Å²) < 4.78 is 0. The number of imidazole rings is 1. The summed E-state index contributed by atoms with van der Waals surface area (Å²) >= 11 is 0. The molecule has 1 aromatic heterocycles. The molecule has 0 fully saturated rings. The van der Waals surface area contributed by atoms with Crippen molar-refractivity contribution >= 4 is 33.9 Å². The van der Waals surface area contributed by atoms with E-state index in [9.17, 15) is 9.59 Å². The number of carbonyl (C=O) groups is 2. The van der Waals surface area contributed by atoms with E-state index in [0.29, 0.717) is 29.2 Å². The quantitative estimate of drug-likeness (QED) is 0.491. The Hall–Kier alpha value is -4.32. The molecule has 3 aromatic carbocycles. The van der Waals surface area contributed by atoms with Gasteiger partial charge in [0.25, 0.3) is 5.91 Å². The molecule has 1 unspecified atom stereocenters. The predicted molar refractivity (Wildman–Crippen MR) is 125 cm³/mol. The zero-order valence-corrected chi connectivity index (χ0v) is 17.2. The Morgan fingerprint density at radius 3 is 2.72 bits per heavy atom. The van der Waals surface area contributed by atoms with Crippen LogP contribution in [0.3, 0.4) is 0 Å². The number of aliphatic imine (C=N–C) groups is 1. The van der Waals surface area contributed by atoms with E-state index in [-0.39, 0.29) is 11.7 Å². The summed E-state index contributed by atoms with van der Waals surface area (Å²) in [4.78, 5) is 37.3. The molecular formula is C26H20N4O2. The Morgan fingerprint density at radius 1 is 1.00 bits per heavy atom. The third-order valence-electron chi connectivity index (χ3n) is 5.48. The number of nitrogens with one attached hydrogen (secondary N) is 2. The first-order valence-corrected chi connectivity index (χ1v) is 10.3. The molecule has 0 aliphatic carbocycles. The van der Waals surface area contributed by atoms with Gasteiger partial charge in [-0.3, -0.25) is 14.6 Å². The topological polar surface area (TPSA) is 87.2 Å². The van der Waals surface area contributed by atoms with Crippen molar-refractivity contribution in [2.45, 2.75) is 12.3 Å². The first-order chi connectivity index (χ1) is 15.7. The van der Waals surface area contributed by atoms with Gasteiger partial charge in [0.05, 0.1) is 18.1 Å². The maximum atomic E-state index is 13.0. The van der Waals surface area contributed by atoms with E-state index in [2.05, 4.69) is 20.3 Å². The number of rotatable bonds is 5. The number of hydrogen-bond acceptors (Lipinski definition) is 4. The summed E-state index contributed by atoms with van der Waals surface area (Å²) in [5.41, 5.74) is 2.47. The van der Waals surface area contributed by atoms with Crippen molar-refractivity contribution in [3.63, 3.8) is 0 Å². The van der Waals surface area contributed by atoms with Crippen LogP contribution in [0, 0.1) is 0 Å². The number of aromatic amines is 1. The van der Waals surface area contributed by atoms with Crippen molar-refractivity contribution in [2.75, 3.05) is 5.32 Å². The van der Waals surface area contributed by atoms with Crippen LogP contribution in [0.5, 0.6) is 0 Å². The number of amides is 1. The number of ketones is 1.